The molecule has 0 amide bonds. The number of aromatic nitrogens is 3. The van der Waals surface area contributed by atoms with Gasteiger partial charge in [0.05, 0.1) is 18.4 Å². The van der Waals surface area contributed by atoms with Gasteiger partial charge in [-0.2, -0.15) is 5.10 Å². The molecular weight excluding hydrogens is 176 g/mol. The van der Waals surface area contributed by atoms with E-state index in [4.69, 9.17) is 0 Å². The minimum absolute atomic E-state index is 0.698. The highest BCUT2D eigenvalue weighted by molar-refractivity contribution is 5.33. The first kappa shape index (κ1) is 8.74. The van der Waals surface area contributed by atoms with Gasteiger partial charge in [-0.1, -0.05) is 6.07 Å². The van der Waals surface area contributed by atoms with Crippen molar-refractivity contribution in [3.63, 3.8) is 0 Å². The molecule has 0 bridgehead atoms. The zero-order valence-corrected chi connectivity index (χ0v) is 8.01. The second kappa shape index (κ2) is 3.91. The second-order valence-corrected chi connectivity index (χ2v) is 2.95. The summed E-state index contributed by atoms with van der Waals surface area (Å²) in [4.78, 5) is 4.24. The number of rotatable bonds is 3. The summed E-state index contributed by atoms with van der Waals surface area (Å²) in [6.45, 7) is 0.698. The van der Waals surface area contributed by atoms with Crippen LogP contribution in [0.1, 0.15) is 5.69 Å². The monoisotopic (exact) mass is 188 g/mol. The van der Waals surface area contributed by atoms with E-state index in [9.17, 15) is 0 Å². The minimum Gasteiger partial charge on any atom is -0.373 e. The molecule has 0 aliphatic carbocycles. The second-order valence-electron chi connectivity index (χ2n) is 2.95. The van der Waals surface area contributed by atoms with Crippen LogP contribution in [0.15, 0.2) is 36.7 Å². The third-order valence-corrected chi connectivity index (χ3v) is 2.01. The average Bonchev–Trinajstić information content (AvgIpc) is 2.67. The third kappa shape index (κ3) is 1.74. The maximum absolute atomic E-state index is 4.24. The van der Waals surface area contributed by atoms with E-state index in [0.29, 0.717) is 6.54 Å². The van der Waals surface area contributed by atoms with Crippen molar-refractivity contribution in [2.75, 3.05) is 12.4 Å². The highest BCUT2D eigenvalue weighted by atomic mass is 15.3. The molecule has 0 saturated heterocycles. The number of hydrogen-bond donors (Lipinski definition) is 1. The summed E-state index contributed by atoms with van der Waals surface area (Å²) in [6.07, 6.45) is 3.56. The molecule has 2 rings (SSSR count). The SMILES string of the molecule is CNc1ccnn1Cc1ccccn1. The van der Waals surface area contributed by atoms with Gasteiger partial charge in [-0.3, -0.25) is 4.98 Å². The first-order valence-corrected chi connectivity index (χ1v) is 4.49. The summed E-state index contributed by atoms with van der Waals surface area (Å²) < 4.78 is 1.88. The summed E-state index contributed by atoms with van der Waals surface area (Å²) in [5.41, 5.74) is 1.01. The number of pyridine rings is 1. The van der Waals surface area contributed by atoms with Gasteiger partial charge in [0.1, 0.15) is 5.82 Å². The molecule has 0 saturated carbocycles. The van der Waals surface area contributed by atoms with Crippen LogP contribution in [-0.4, -0.2) is 21.8 Å². The van der Waals surface area contributed by atoms with E-state index in [-0.39, 0.29) is 0 Å². The standard InChI is InChI=1S/C10H12N4/c1-11-10-5-7-13-14(10)8-9-4-2-3-6-12-9/h2-7,11H,8H2,1H3. The molecule has 0 aromatic carbocycles. The quantitative estimate of drug-likeness (QED) is 0.791. The molecule has 2 aromatic heterocycles. The fourth-order valence-electron chi connectivity index (χ4n) is 1.32. The first-order valence-electron chi connectivity index (χ1n) is 4.49. The van der Waals surface area contributed by atoms with Crippen LogP contribution in [0.4, 0.5) is 5.82 Å². The van der Waals surface area contributed by atoms with Gasteiger partial charge in [-0.25, -0.2) is 4.68 Å². The molecule has 0 unspecified atom stereocenters. The third-order valence-electron chi connectivity index (χ3n) is 2.01. The smallest absolute Gasteiger partial charge is 0.124 e. The first-order chi connectivity index (χ1) is 6.90. The Kier molecular flexibility index (Phi) is 2.44. The van der Waals surface area contributed by atoms with E-state index in [0.717, 1.165) is 11.5 Å². The Balaban J connectivity index is 2.19. The summed E-state index contributed by atoms with van der Waals surface area (Å²) in [7, 11) is 1.88. The van der Waals surface area contributed by atoms with Crippen LogP contribution in [-0.2, 0) is 6.54 Å². The molecule has 0 spiro atoms. The molecule has 72 valence electrons. The Bertz CT molecular complexity index is 394. The van der Waals surface area contributed by atoms with Crippen LogP contribution in [0.2, 0.25) is 0 Å². The lowest BCUT2D eigenvalue weighted by atomic mass is 10.3. The van der Waals surface area contributed by atoms with Crippen LogP contribution in [0.25, 0.3) is 0 Å². The predicted molar refractivity (Wildman–Crippen MR) is 55.1 cm³/mol. The molecule has 4 heteroatoms. The van der Waals surface area contributed by atoms with Gasteiger partial charge in [-0.05, 0) is 12.1 Å². The lowest BCUT2D eigenvalue weighted by Crippen LogP contribution is -2.06. The maximum Gasteiger partial charge on any atom is 0.124 e. The van der Waals surface area contributed by atoms with Crippen LogP contribution >= 0.6 is 0 Å². The molecule has 14 heavy (non-hydrogen) atoms. The fourth-order valence-corrected chi connectivity index (χ4v) is 1.32. The van der Waals surface area contributed by atoms with Crippen molar-refractivity contribution >= 4 is 5.82 Å². The summed E-state index contributed by atoms with van der Waals surface area (Å²) in [5, 5.41) is 7.26. The Morgan fingerprint density at radius 2 is 2.21 bits per heavy atom. The van der Waals surface area contributed by atoms with Crippen molar-refractivity contribution in [1.82, 2.24) is 14.8 Å². The molecule has 0 aliphatic rings. The van der Waals surface area contributed by atoms with Gasteiger partial charge in [-0.15, -0.1) is 0 Å². The van der Waals surface area contributed by atoms with E-state index in [1.54, 1.807) is 12.4 Å². The van der Waals surface area contributed by atoms with Crippen LogP contribution in [0, 0.1) is 0 Å². The van der Waals surface area contributed by atoms with Crippen molar-refractivity contribution < 1.29 is 0 Å². The van der Waals surface area contributed by atoms with E-state index in [2.05, 4.69) is 15.4 Å². The zero-order valence-electron chi connectivity index (χ0n) is 8.01. The van der Waals surface area contributed by atoms with Gasteiger partial charge in [0.25, 0.3) is 0 Å². The van der Waals surface area contributed by atoms with Crippen molar-refractivity contribution in [2.45, 2.75) is 6.54 Å². The Morgan fingerprint density at radius 3 is 2.93 bits per heavy atom. The van der Waals surface area contributed by atoms with Crippen molar-refractivity contribution in [1.29, 1.82) is 0 Å². The normalized spacial score (nSPS) is 10.1. The molecule has 2 heterocycles. The van der Waals surface area contributed by atoms with Crippen LogP contribution < -0.4 is 5.32 Å². The Morgan fingerprint density at radius 1 is 1.29 bits per heavy atom. The van der Waals surface area contributed by atoms with Gasteiger partial charge in [0.15, 0.2) is 0 Å². The number of nitrogens with one attached hydrogen (secondary N) is 1. The highest BCUT2D eigenvalue weighted by Crippen LogP contribution is 2.06. The molecular formula is C10H12N4. The van der Waals surface area contributed by atoms with Crippen molar-refractivity contribution in [2.24, 2.45) is 0 Å². The molecule has 2 aromatic rings. The summed E-state index contributed by atoms with van der Waals surface area (Å²) >= 11 is 0. The molecule has 4 nitrogen and oxygen atoms in total. The topological polar surface area (TPSA) is 42.7 Å². The molecule has 0 fully saturated rings. The van der Waals surface area contributed by atoms with E-state index >= 15 is 0 Å². The predicted octanol–water partition coefficient (Wildman–Crippen LogP) is 1.37. The average molecular weight is 188 g/mol. The van der Waals surface area contributed by atoms with Gasteiger partial charge in [0.2, 0.25) is 0 Å². The number of anilines is 1. The molecule has 0 aliphatic heterocycles. The number of hydrogen-bond acceptors (Lipinski definition) is 3. The Labute approximate surface area is 82.6 Å². The maximum atomic E-state index is 4.24. The van der Waals surface area contributed by atoms with Gasteiger partial charge >= 0.3 is 0 Å². The zero-order chi connectivity index (χ0) is 9.80. The highest BCUT2D eigenvalue weighted by Gasteiger charge is 2.00. The van der Waals surface area contributed by atoms with Gasteiger partial charge in [0, 0.05) is 19.3 Å². The largest absolute Gasteiger partial charge is 0.373 e. The lowest BCUT2D eigenvalue weighted by Gasteiger charge is -2.05. The number of nitrogens with zero attached hydrogens (tertiary/aromatic N) is 3. The van der Waals surface area contributed by atoms with Crippen molar-refractivity contribution in [3.8, 4) is 0 Å². The minimum atomic E-state index is 0.698. The molecule has 0 atom stereocenters. The lowest BCUT2D eigenvalue weighted by molar-refractivity contribution is 0.680. The molecule has 1 N–H and O–H groups in total. The fraction of sp³-hybridized carbons (Fsp3) is 0.200. The van der Waals surface area contributed by atoms with Crippen LogP contribution in [0.5, 0.6) is 0 Å². The van der Waals surface area contributed by atoms with Crippen LogP contribution in [0.3, 0.4) is 0 Å². The van der Waals surface area contributed by atoms with Crippen molar-refractivity contribution in [3.05, 3.63) is 42.4 Å². The van der Waals surface area contributed by atoms with Gasteiger partial charge < -0.3 is 5.32 Å². The van der Waals surface area contributed by atoms with E-state index < -0.39 is 0 Å². The molecule has 0 radical (unpaired) electrons. The summed E-state index contributed by atoms with van der Waals surface area (Å²) in [6, 6.07) is 7.81. The summed E-state index contributed by atoms with van der Waals surface area (Å²) in [5.74, 6) is 0.996. The Hall–Kier alpha value is -1.84. The van der Waals surface area contributed by atoms with E-state index in [1.807, 2.05) is 36.0 Å². The van der Waals surface area contributed by atoms with E-state index in [1.165, 1.54) is 0 Å².